The summed E-state index contributed by atoms with van der Waals surface area (Å²) in [5.74, 6) is 1.01. The third kappa shape index (κ3) is 2.27. The zero-order valence-corrected chi connectivity index (χ0v) is 8.93. The summed E-state index contributed by atoms with van der Waals surface area (Å²) in [6.45, 7) is 4.64. The van der Waals surface area contributed by atoms with E-state index >= 15 is 0 Å². The van der Waals surface area contributed by atoms with Crippen molar-refractivity contribution in [1.82, 2.24) is 5.32 Å². The highest BCUT2D eigenvalue weighted by atomic mass is 16.5. The van der Waals surface area contributed by atoms with E-state index in [4.69, 9.17) is 10.5 Å². The monoisotopic (exact) mass is 198 g/mol. The van der Waals surface area contributed by atoms with Crippen LogP contribution in [0.2, 0.25) is 0 Å². The smallest absolute Gasteiger partial charge is 0.0569 e. The predicted octanol–water partition coefficient (Wildman–Crippen LogP) is 0.741. The maximum Gasteiger partial charge on any atom is 0.0569 e. The number of rotatable bonds is 6. The summed E-state index contributed by atoms with van der Waals surface area (Å²) in [6, 6.07) is 0. The maximum absolute atomic E-state index is 5.73. The Kier molecular flexibility index (Phi) is 3.42. The van der Waals surface area contributed by atoms with Gasteiger partial charge in [0.05, 0.1) is 13.2 Å². The van der Waals surface area contributed by atoms with Crippen molar-refractivity contribution < 1.29 is 4.74 Å². The average Bonchev–Trinajstić information content (AvgIpc) is 2.05. The van der Waals surface area contributed by atoms with E-state index < -0.39 is 0 Å². The maximum atomic E-state index is 5.73. The van der Waals surface area contributed by atoms with Gasteiger partial charge in [0.1, 0.15) is 0 Å². The van der Waals surface area contributed by atoms with Crippen molar-refractivity contribution in [3.8, 4) is 0 Å². The van der Waals surface area contributed by atoms with Gasteiger partial charge in [-0.15, -0.1) is 0 Å². The van der Waals surface area contributed by atoms with Crippen LogP contribution in [-0.4, -0.2) is 32.8 Å². The first-order chi connectivity index (χ1) is 6.85. The van der Waals surface area contributed by atoms with Crippen LogP contribution in [0.15, 0.2) is 0 Å². The fourth-order valence-electron chi connectivity index (χ4n) is 2.12. The first-order valence-corrected chi connectivity index (χ1v) is 5.83. The van der Waals surface area contributed by atoms with E-state index in [0.717, 1.165) is 38.8 Å². The van der Waals surface area contributed by atoms with Crippen molar-refractivity contribution >= 4 is 0 Å². The third-order valence-corrected chi connectivity index (χ3v) is 3.70. The van der Waals surface area contributed by atoms with E-state index in [1.54, 1.807) is 0 Å². The standard InChI is InChI=1S/C11H22N2O/c12-6-11(8-14-9-11)7-13-5-4-10-2-1-3-10/h10,13H,1-9,12H2. The van der Waals surface area contributed by atoms with Crippen LogP contribution in [0.4, 0.5) is 0 Å². The second-order valence-electron chi connectivity index (χ2n) is 4.96. The van der Waals surface area contributed by atoms with Crippen molar-refractivity contribution in [2.24, 2.45) is 17.1 Å². The first-order valence-electron chi connectivity index (χ1n) is 5.83. The van der Waals surface area contributed by atoms with E-state index in [1.807, 2.05) is 0 Å². The van der Waals surface area contributed by atoms with Gasteiger partial charge in [0, 0.05) is 18.5 Å². The molecule has 82 valence electrons. The second-order valence-corrected chi connectivity index (χ2v) is 4.96. The summed E-state index contributed by atoms with van der Waals surface area (Å²) in [4.78, 5) is 0. The van der Waals surface area contributed by atoms with Crippen LogP contribution >= 0.6 is 0 Å². The molecular formula is C11H22N2O. The molecule has 2 aliphatic rings. The summed E-state index contributed by atoms with van der Waals surface area (Å²) < 4.78 is 5.22. The van der Waals surface area contributed by atoms with E-state index in [2.05, 4.69) is 5.32 Å². The van der Waals surface area contributed by atoms with Gasteiger partial charge in [-0.2, -0.15) is 0 Å². The minimum Gasteiger partial charge on any atom is -0.380 e. The van der Waals surface area contributed by atoms with Crippen LogP contribution in [0.3, 0.4) is 0 Å². The molecule has 2 rings (SSSR count). The molecule has 0 aromatic heterocycles. The Morgan fingerprint density at radius 2 is 2.14 bits per heavy atom. The summed E-state index contributed by atoms with van der Waals surface area (Å²) in [5, 5.41) is 3.52. The van der Waals surface area contributed by atoms with Crippen LogP contribution in [-0.2, 0) is 4.74 Å². The number of hydrogen-bond acceptors (Lipinski definition) is 3. The van der Waals surface area contributed by atoms with Crippen LogP contribution in [0.1, 0.15) is 25.7 Å². The summed E-state index contributed by atoms with van der Waals surface area (Å²) in [6.07, 6.45) is 5.70. The normalized spacial score (nSPS) is 25.5. The SMILES string of the molecule is NCC1(CNCCC2CCC2)COC1. The third-order valence-electron chi connectivity index (χ3n) is 3.70. The zero-order chi connectivity index (χ0) is 9.86. The Bertz CT molecular complexity index is 171. The molecule has 0 radical (unpaired) electrons. The van der Waals surface area contributed by atoms with Gasteiger partial charge in [0.25, 0.3) is 0 Å². The number of ether oxygens (including phenoxy) is 1. The van der Waals surface area contributed by atoms with Gasteiger partial charge < -0.3 is 15.8 Å². The van der Waals surface area contributed by atoms with Gasteiger partial charge in [-0.1, -0.05) is 19.3 Å². The molecule has 0 bridgehead atoms. The van der Waals surface area contributed by atoms with Crippen molar-refractivity contribution in [2.45, 2.75) is 25.7 Å². The van der Waals surface area contributed by atoms with Crippen LogP contribution in [0.25, 0.3) is 0 Å². The minimum atomic E-state index is 0.264. The van der Waals surface area contributed by atoms with Crippen molar-refractivity contribution in [1.29, 1.82) is 0 Å². The van der Waals surface area contributed by atoms with Crippen LogP contribution in [0, 0.1) is 11.3 Å². The lowest BCUT2D eigenvalue weighted by Gasteiger charge is -2.40. The molecule has 1 aliphatic carbocycles. The molecule has 0 aromatic carbocycles. The number of nitrogens with one attached hydrogen (secondary N) is 1. The van der Waals surface area contributed by atoms with Gasteiger partial charge in [-0.25, -0.2) is 0 Å². The van der Waals surface area contributed by atoms with E-state index in [-0.39, 0.29) is 5.41 Å². The van der Waals surface area contributed by atoms with Gasteiger partial charge in [-0.05, 0) is 18.9 Å². The molecule has 0 amide bonds. The van der Waals surface area contributed by atoms with Crippen molar-refractivity contribution in [3.05, 3.63) is 0 Å². The fourth-order valence-corrected chi connectivity index (χ4v) is 2.12. The Hall–Kier alpha value is -0.120. The highest BCUT2D eigenvalue weighted by Crippen LogP contribution is 2.29. The molecule has 3 nitrogen and oxygen atoms in total. The zero-order valence-electron chi connectivity index (χ0n) is 8.93. The lowest BCUT2D eigenvalue weighted by molar-refractivity contribution is -0.104. The summed E-state index contributed by atoms with van der Waals surface area (Å²) in [7, 11) is 0. The largest absolute Gasteiger partial charge is 0.380 e. The van der Waals surface area contributed by atoms with Gasteiger partial charge in [-0.3, -0.25) is 0 Å². The van der Waals surface area contributed by atoms with E-state index in [9.17, 15) is 0 Å². The van der Waals surface area contributed by atoms with Gasteiger partial charge >= 0.3 is 0 Å². The number of hydrogen-bond donors (Lipinski definition) is 2. The highest BCUT2D eigenvalue weighted by molar-refractivity contribution is 4.88. The second kappa shape index (κ2) is 4.60. The quantitative estimate of drug-likeness (QED) is 0.619. The van der Waals surface area contributed by atoms with Crippen LogP contribution in [0.5, 0.6) is 0 Å². The molecule has 14 heavy (non-hydrogen) atoms. The lowest BCUT2D eigenvalue weighted by Crippen LogP contribution is -2.54. The fraction of sp³-hybridized carbons (Fsp3) is 1.00. The molecular weight excluding hydrogens is 176 g/mol. The first kappa shape index (κ1) is 10.4. The molecule has 2 fully saturated rings. The Balaban J connectivity index is 1.53. The molecule has 3 heteroatoms. The molecule has 0 spiro atoms. The topological polar surface area (TPSA) is 47.3 Å². The van der Waals surface area contributed by atoms with E-state index in [0.29, 0.717) is 0 Å². The molecule has 1 saturated heterocycles. The molecule has 1 saturated carbocycles. The molecule has 0 aromatic rings. The van der Waals surface area contributed by atoms with Crippen molar-refractivity contribution in [3.63, 3.8) is 0 Å². The summed E-state index contributed by atoms with van der Waals surface area (Å²) >= 11 is 0. The molecule has 0 unspecified atom stereocenters. The summed E-state index contributed by atoms with van der Waals surface area (Å²) in [5.41, 5.74) is 5.99. The van der Waals surface area contributed by atoms with Gasteiger partial charge in [0.2, 0.25) is 0 Å². The molecule has 0 atom stereocenters. The Labute approximate surface area is 86.4 Å². The average molecular weight is 198 g/mol. The Morgan fingerprint density at radius 1 is 1.36 bits per heavy atom. The van der Waals surface area contributed by atoms with Crippen LogP contribution < -0.4 is 11.1 Å². The van der Waals surface area contributed by atoms with Gasteiger partial charge in [0.15, 0.2) is 0 Å². The van der Waals surface area contributed by atoms with Crippen molar-refractivity contribution in [2.75, 3.05) is 32.8 Å². The molecule has 1 aliphatic heterocycles. The molecule has 1 heterocycles. The van der Waals surface area contributed by atoms with E-state index in [1.165, 1.54) is 25.7 Å². The Morgan fingerprint density at radius 3 is 2.57 bits per heavy atom. The lowest BCUT2D eigenvalue weighted by atomic mass is 9.82. The number of nitrogens with two attached hydrogens (primary N) is 1. The predicted molar refractivity (Wildman–Crippen MR) is 57.1 cm³/mol. The molecule has 3 N–H and O–H groups in total. The highest BCUT2D eigenvalue weighted by Gasteiger charge is 2.36. The minimum absolute atomic E-state index is 0.264.